The van der Waals surface area contributed by atoms with Crippen molar-refractivity contribution in [1.82, 2.24) is 9.78 Å². The standard InChI is InChI=1S/C12H14N4O3/c1-18-10-3-8(13)9(4-11(10)19-2)16-6-7(5-15-16)12(14)17/h3-6H,13H2,1-2H3,(H2,14,17). The Labute approximate surface area is 109 Å². The largest absolute Gasteiger partial charge is 0.493 e. The van der Waals surface area contributed by atoms with Crippen molar-refractivity contribution in [1.29, 1.82) is 0 Å². The molecule has 0 saturated carbocycles. The van der Waals surface area contributed by atoms with Gasteiger partial charge >= 0.3 is 0 Å². The van der Waals surface area contributed by atoms with Gasteiger partial charge in [-0.2, -0.15) is 5.10 Å². The summed E-state index contributed by atoms with van der Waals surface area (Å²) in [6.45, 7) is 0. The van der Waals surface area contributed by atoms with E-state index in [0.29, 0.717) is 28.4 Å². The molecule has 0 radical (unpaired) electrons. The highest BCUT2D eigenvalue weighted by Gasteiger charge is 2.12. The number of ether oxygens (including phenoxy) is 2. The number of nitrogen functional groups attached to an aromatic ring is 1. The number of hydrogen-bond acceptors (Lipinski definition) is 5. The summed E-state index contributed by atoms with van der Waals surface area (Å²) in [5, 5.41) is 4.04. The maximum atomic E-state index is 11.0. The number of rotatable bonds is 4. The Hall–Kier alpha value is -2.70. The van der Waals surface area contributed by atoms with E-state index in [-0.39, 0.29) is 0 Å². The van der Waals surface area contributed by atoms with Gasteiger partial charge in [-0.05, 0) is 0 Å². The number of carbonyl (C=O) groups excluding carboxylic acids is 1. The molecule has 100 valence electrons. The summed E-state index contributed by atoms with van der Waals surface area (Å²) in [4.78, 5) is 11.0. The molecule has 1 aromatic heterocycles. The number of nitrogens with zero attached hydrogens (tertiary/aromatic N) is 2. The Balaban J connectivity index is 2.51. The fourth-order valence-corrected chi connectivity index (χ4v) is 1.66. The highest BCUT2D eigenvalue weighted by atomic mass is 16.5. The number of carbonyl (C=O) groups is 1. The quantitative estimate of drug-likeness (QED) is 0.784. The van der Waals surface area contributed by atoms with Crippen LogP contribution in [0.2, 0.25) is 0 Å². The number of benzene rings is 1. The third-order valence-corrected chi connectivity index (χ3v) is 2.65. The zero-order chi connectivity index (χ0) is 14.0. The van der Waals surface area contributed by atoms with Gasteiger partial charge in [0.2, 0.25) is 0 Å². The van der Waals surface area contributed by atoms with Crippen LogP contribution in [0.3, 0.4) is 0 Å². The summed E-state index contributed by atoms with van der Waals surface area (Å²) in [5.41, 5.74) is 12.4. The number of nitrogens with two attached hydrogens (primary N) is 2. The van der Waals surface area contributed by atoms with Crippen LogP contribution in [0, 0.1) is 0 Å². The van der Waals surface area contributed by atoms with Gasteiger partial charge in [0.05, 0.1) is 37.4 Å². The van der Waals surface area contributed by atoms with Gasteiger partial charge in [0.1, 0.15) is 0 Å². The number of methoxy groups -OCH3 is 2. The molecule has 0 aliphatic rings. The zero-order valence-corrected chi connectivity index (χ0v) is 10.6. The fourth-order valence-electron chi connectivity index (χ4n) is 1.66. The molecule has 0 bridgehead atoms. The Morgan fingerprint density at radius 1 is 1.26 bits per heavy atom. The lowest BCUT2D eigenvalue weighted by Gasteiger charge is -2.12. The number of aromatic nitrogens is 2. The first kappa shape index (κ1) is 12.7. The topological polar surface area (TPSA) is 105 Å². The van der Waals surface area contributed by atoms with Crippen molar-refractivity contribution >= 4 is 11.6 Å². The molecule has 1 amide bonds. The van der Waals surface area contributed by atoms with Gasteiger partial charge in [0, 0.05) is 18.3 Å². The van der Waals surface area contributed by atoms with Gasteiger partial charge in [0.15, 0.2) is 11.5 Å². The van der Waals surface area contributed by atoms with Crippen molar-refractivity contribution in [3.63, 3.8) is 0 Å². The van der Waals surface area contributed by atoms with Crippen LogP contribution in [-0.4, -0.2) is 29.9 Å². The van der Waals surface area contributed by atoms with E-state index in [0.717, 1.165) is 0 Å². The molecule has 7 heteroatoms. The monoisotopic (exact) mass is 262 g/mol. The summed E-state index contributed by atoms with van der Waals surface area (Å²) >= 11 is 0. The normalized spacial score (nSPS) is 10.2. The first-order valence-electron chi connectivity index (χ1n) is 5.43. The van der Waals surface area contributed by atoms with Crippen molar-refractivity contribution in [2.45, 2.75) is 0 Å². The van der Waals surface area contributed by atoms with E-state index in [2.05, 4.69) is 5.10 Å². The molecule has 4 N–H and O–H groups in total. The molecular weight excluding hydrogens is 248 g/mol. The lowest BCUT2D eigenvalue weighted by atomic mass is 10.2. The van der Waals surface area contributed by atoms with Crippen LogP contribution in [0.25, 0.3) is 5.69 Å². The number of primary amides is 1. The molecule has 0 fully saturated rings. The minimum absolute atomic E-state index is 0.300. The minimum Gasteiger partial charge on any atom is -0.493 e. The van der Waals surface area contributed by atoms with E-state index < -0.39 is 5.91 Å². The predicted molar refractivity (Wildman–Crippen MR) is 69.6 cm³/mol. The highest BCUT2D eigenvalue weighted by Crippen LogP contribution is 2.33. The minimum atomic E-state index is -0.551. The molecule has 1 heterocycles. The molecule has 1 aromatic carbocycles. The maximum absolute atomic E-state index is 11.0. The van der Waals surface area contributed by atoms with Crippen LogP contribution in [0.15, 0.2) is 24.5 Å². The van der Waals surface area contributed by atoms with E-state index in [9.17, 15) is 4.79 Å². The number of amides is 1. The van der Waals surface area contributed by atoms with Gasteiger partial charge in [-0.1, -0.05) is 0 Å². The first-order chi connectivity index (χ1) is 9.06. The molecule has 2 aromatic rings. The third-order valence-electron chi connectivity index (χ3n) is 2.65. The van der Waals surface area contributed by atoms with E-state index in [1.54, 1.807) is 12.1 Å². The van der Waals surface area contributed by atoms with Crippen LogP contribution in [0.4, 0.5) is 5.69 Å². The average Bonchev–Trinajstić information content (AvgIpc) is 2.87. The van der Waals surface area contributed by atoms with Gasteiger partial charge in [-0.15, -0.1) is 0 Å². The van der Waals surface area contributed by atoms with Crippen LogP contribution in [0.5, 0.6) is 11.5 Å². The maximum Gasteiger partial charge on any atom is 0.251 e. The smallest absolute Gasteiger partial charge is 0.251 e. The van der Waals surface area contributed by atoms with Crippen molar-refractivity contribution in [3.05, 3.63) is 30.1 Å². The summed E-state index contributed by atoms with van der Waals surface area (Å²) in [5.74, 6) is 0.485. The van der Waals surface area contributed by atoms with Crippen molar-refractivity contribution < 1.29 is 14.3 Å². The highest BCUT2D eigenvalue weighted by molar-refractivity contribution is 5.92. The Bertz CT molecular complexity index is 621. The third kappa shape index (κ3) is 2.30. The van der Waals surface area contributed by atoms with Crippen LogP contribution < -0.4 is 20.9 Å². The van der Waals surface area contributed by atoms with Crippen molar-refractivity contribution in [3.8, 4) is 17.2 Å². The molecule has 19 heavy (non-hydrogen) atoms. The molecule has 0 aliphatic heterocycles. The zero-order valence-electron chi connectivity index (χ0n) is 10.6. The predicted octanol–water partition coefficient (Wildman–Crippen LogP) is 0.571. The molecule has 0 aliphatic carbocycles. The van der Waals surface area contributed by atoms with Crippen molar-refractivity contribution in [2.75, 3.05) is 20.0 Å². The SMILES string of the molecule is COc1cc(N)c(-n2cc(C(N)=O)cn2)cc1OC. The summed E-state index contributed by atoms with van der Waals surface area (Å²) in [6.07, 6.45) is 2.87. The van der Waals surface area contributed by atoms with E-state index in [1.165, 1.54) is 31.3 Å². The van der Waals surface area contributed by atoms with Gasteiger partial charge in [-0.3, -0.25) is 4.79 Å². The van der Waals surface area contributed by atoms with Crippen LogP contribution in [-0.2, 0) is 0 Å². The summed E-state index contributed by atoms with van der Waals surface area (Å²) < 4.78 is 11.8. The van der Waals surface area contributed by atoms with Gasteiger partial charge in [-0.25, -0.2) is 4.68 Å². The molecule has 0 spiro atoms. The molecule has 0 unspecified atom stereocenters. The molecular formula is C12H14N4O3. The molecule has 0 atom stereocenters. The second-order valence-electron chi connectivity index (χ2n) is 3.80. The second kappa shape index (κ2) is 4.89. The summed E-state index contributed by atoms with van der Waals surface area (Å²) in [6, 6.07) is 3.30. The molecule has 7 nitrogen and oxygen atoms in total. The number of anilines is 1. The summed E-state index contributed by atoms with van der Waals surface area (Å²) in [7, 11) is 3.05. The van der Waals surface area contributed by atoms with Gasteiger partial charge in [0.25, 0.3) is 5.91 Å². The van der Waals surface area contributed by atoms with E-state index in [1.807, 2.05) is 0 Å². The van der Waals surface area contributed by atoms with E-state index in [4.69, 9.17) is 20.9 Å². The Morgan fingerprint density at radius 3 is 2.42 bits per heavy atom. The molecule has 2 rings (SSSR count). The number of hydrogen-bond donors (Lipinski definition) is 2. The van der Waals surface area contributed by atoms with Crippen LogP contribution >= 0.6 is 0 Å². The fraction of sp³-hybridized carbons (Fsp3) is 0.167. The van der Waals surface area contributed by atoms with Gasteiger partial charge < -0.3 is 20.9 Å². The van der Waals surface area contributed by atoms with E-state index >= 15 is 0 Å². The average molecular weight is 262 g/mol. The Morgan fingerprint density at radius 2 is 1.89 bits per heavy atom. The van der Waals surface area contributed by atoms with Crippen LogP contribution in [0.1, 0.15) is 10.4 Å². The second-order valence-corrected chi connectivity index (χ2v) is 3.80. The van der Waals surface area contributed by atoms with Crippen molar-refractivity contribution in [2.24, 2.45) is 5.73 Å². The lowest BCUT2D eigenvalue weighted by molar-refractivity contribution is 0.100. The Kier molecular flexibility index (Phi) is 3.28. The first-order valence-corrected chi connectivity index (χ1v) is 5.43. The molecule has 0 saturated heterocycles. The lowest BCUT2D eigenvalue weighted by Crippen LogP contribution is -2.09.